The lowest BCUT2D eigenvalue weighted by Crippen LogP contribution is -2.44. The number of hydrogen-bond donors (Lipinski definition) is 8. The lowest BCUT2D eigenvalue weighted by atomic mass is 10.1. The molecule has 1 aromatic heterocycles. The Morgan fingerprint density at radius 1 is 0.825 bits per heavy atom. The highest BCUT2D eigenvalue weighted by Crippen LogP contribution is 2.35. The normalized spacial score (nSPS) is 15.2. The van der Waals surface area contributed by atoms with Crippen molar-refractivity contribution in [3.63, 3.8) is 0 Å². The zero-order chi connectivity index (χ0) is 29.7. The summed E-state index contributed by atoms with van der Waals surface area (Å²) in [7, 11) is 0. The summed E-state index contributed by atoms with van der Waals surface area (Å²) in [4.78, 5) is 28.8. The average molecular weight is 561 g/mol. The third kappa shape index (κ3) is 6.91. The zero-order valence-electron chi connectivity index (χ0n) is 22.7. The smallest absolute Gasteiger partial charge is 0.253 e. The molecule has 0 bridgehead atoms. The van der Waals surface area contributed by atoms with E-state index in [-0.39, 0.29) is 70.9 Å². The van der Waals surface area contributed by atoms with E-state index in [1.54, 1.807) is 0 Å². The van der Waals surface area contributed by atoms with E-state index in [1.807, 2.05) is 0 Å². The maximum absolute atomic E-state index is 13.0. The molecular formula is C26H36N6O8. The predicted molar refractivity (Wildman–Crippen MR) is 147 cm³/mol. The number of nitrogens with zero attached hydrogens (tertiary/aromatic N) is 5. The van der Waals surface area contributed by atoms with Crippen LogP contribution in [0.4, 0.5) is 0 Å². The fraction of sp³-hybridized carbons (Fsp3) is 0.462. The van der Waals surface area contributed by atoms with Gasteiger partial charge in [-0.1, -0.05) is 0 Å². The Balaban J connectivity index is 1.96. The van der Waals surface area contributed by atoms with Crippen LogP contribution in [-0.4, -0.2) is 119 Å². The molecule has 0 aliphatic carbocycles. The van der Waals surface area contributed by atoms with Crippen LogP contribution < -0.4 is 5.32 Å². The van der Waals surface area contributed by atoms with Gasteiger partial charge in [0.2, 0.25) is 0 Å². The van der Waals surface area contributed by atoms with Crippen molar-refractivity contribution in [2.45, 2.75) is 52.6 Å². The van der Waals surface area contributed by atoms with Crippen LogP contribution in [0.3, 0.4) is 0 Å². The number of aliphatic imine (C=N–C) groups is 1. The molecule has 4 atom stereocenters. The van der Waals surface area contributed by atoms with Gasteiger partial charge in [0, 0.05) is 31.9 Å². The number of phenolic OH excluding ortho intramolecular Hbond substituents is 3. The minimum Gasteiger partial charge on any atom is -0.507 e. The van der Waals surface area contributed by atoms with E-state index in [0.29, 0.717) is 0 Å². The van der Waals surface area contributed by atoms with E-state index in [4.69, 9.17) is 0 Å². The summed E-state index contributed by atoms with van der Waals surface area (Å²) in [5.41, 5.74) is 0.0878. The number of aliphatic hydroxyl groups excluding tert-OH is 4. The Labute approximate surface area is 230 Å². The van der Waals surface area contributed by atoms with Crippen molar-refractivity contribution in [1.82, 2.24) is 25.1 Å². The van der Waals surface area contributed by atoms with Crippen LogP contribution >= 0.6 is 0 Å². The molecular weight excluding hydrogens is 524 g/mol. The van der Waals surface area contributed by atoms with Crippen LogP contribution in [0.15, 0.2) is 23.2 Å². The second-order valence-electron chi connectivity index (χ2n) is 9.37. The summed E-state index contributed by atoms with van der Waals surface area (Å²) < 4.78 is 0. The molecule has 3 aromatic rings. The molecule has 0 aliphatic heterocycles. The van der Waals surface area contributed by atoms with Gasteiger partial charge in [-0.05, 0) is 39.8 Å². The van der Waals surface area contributed by atoms with Crippen LogP contribution in [-0.2, 0) is 0 Å². The van der Waals surface area contributed by atoms with Crippen LogP contribution in [0.25, 0.3) is 22.1 Å². The summed E-state index contributed by atoms with van der Waals surface area (Å²) in [6, 6.07) is 3.68. The summed E-state index contributed by atoms with van der Waals surface area (Å²) in [5, 5.41) is 73.3. The van der Waals surface area contributed by atoms with E-state index in [1.165, 1.54) is 55.8 Å². The van der Waals surface area contributed by atoms with Crippen molar-refractivity contribution in [3.8, 4) is 17.2 Å². The van der Waals surface area contributed by atoms with Gasteiger partial charge < -0.3 is 41.1 Å². The second kappa shape index (κ2) is 13.1. The quantitative estimate of drug-likeness (QED) is 0.0835. The summed E-state index contributed by atoms with van der Waals surface area (Å²) in [6.45, 7) is 6.60. The first-order valence-electron chi connectivity index (χ1n) is 12.7. The Morgan fingerprint density at radius 2 is 1.38 bits per heavy atom. The summed E-state index contributed by atoms with van der Waals surface area (Å²) in [6.07, 6.45) is -2.36. The number of rotatable bonds is 12. The first-order valence-corrected chi connectivity index (χ1v) is 12.7. The van der Waals surface area contributed by atoms with Gasteiger partial charge in [-0.15, -0.1) is 0 Å². The van der Waals surface area contributed by atoms with Gasteiger partial charge >= 0.3 is 0 Å². The van der Waals surface area contributed by atoms with Crippen molar-refractivity contribution in [2.75, 3.05) is 26.2 Å². The van der Waals surface area contributed by atoms with Crippen LogP contribution in [0.1, 0.15) is 43.6 Å². The molecule has 4 unspecified atom stereocenters. The fourth-order valence-corrected chi connectivity index (χ4v) is 4.29. The Morgan fingerprint density at radius 3 is 1.98 bits per heavy atom. The molecule has 14 heteroatoms. The molecule has 40 heavy (non-hydrogen) atoms. The molecule has 0 saturated carbocycles. The zero-order valence-corrected chi connectivity index (χ0v) is 22.7. The molecule has 218 valence electrons. The van der Waals surface area contributed by atoms with E-state index in [9.17, 15) is 40.5 Å². The van der Waals surface area contributed by atoms with Gasteiger partial charge in [0.05, 0.1) is 17.7 Å². The van der Waals surface area contributed by atoms with Crippen molar-refractivity contribution in [3.05, 3.63) is 29.3 Å². The monoisotopic (exact) mass is 560 g/mol. The van der Waals surface area contributed by atoms with Crippen LogP contribution in [0.5, 0.6) is 17.2 Å². The van der Waals surface area contributed by atoms with Gasteiger partial charge in [-0.25, -0.2) is 9.97 Å². The van der Waals surface area contributed by atoms with Crippen molar-refractivity contribution >= 4 is 34.2 Å². The largest absolute Gasteiger partial charge is 0.507 e. The van der Waals surface area contributed by atoms with Crippen LogP contribution in [0, 0.1) is 0 Å². The topological polar surface area (TPSA) is 215 Å². The molecule has 2 aromatic carbocycles. The molecule has 3 rings (SSSR count). The van der Waals surface area contributed by atoms with Crippen LogP contribution in [0.2, 0.25) is 0 Å². The highest BCUT2D eigenvalue weighted by atomic mass is 16.3. The van der Waals surface area contributed by atoms with E-state index in [2.05, 4.69) is 20.3 Å². The predicted octanol–water partition coefficient (Wildman–Crippen LogP) is 0.00570. The summed E-state index contributed by atoms with van der Waals surface area (Å²) in [5.74, 6) is -1.60. The molecule has 0 fully saturated rings. The minimum absolute atomic E-state index is 0.00120. The van der Waals surface area contributed by atoms with Gasteiger partial charge in [0.15, 0.2) is 0 Å². The number of amides is 1. The Bertz CT molecular complexity index is 1360. The molecule has 14 nitrogen and oxygen atoms in total. The molecule has 0 saturated heterocycles. The number of carbonyl (C=O) groups excluding carboxylic acids is 1. The maximum Gasteiger partial charge on any atom is 0.253 e. The molecule has 1 heterocycles. The number of phenols is 3. The van der Waals surface area contributed by atoms with Crippen molar-refractivity contribution < 1.29 is 40.5 Å². The van der Waals surface area contributed by atoms with E-state index >= 15 is 0 Å². The van der Waals surface area contributed by atoms with Crippen molar-refractivity contribution in [1.29, 1.82) is 0 Å². The SMILES string of the molecule is CC(O)N(CCN=Cc1c(O)cc(O)c2nc3c(C(=O)NCCN(C(C)O)C(C)O)ccc(O)c3nc12)C(C)O. The summed E-state index contributed by atoms with van der Waals surface area (Å²) >= 11 is 0. The first kappa shape index (κ1) is 30.9. The lowest BCUT2D eigenvalue weighted by Gasteiger charge is -2.27. The number of aromatic nitrogens is 2. The number of fused-ring (bicyclic) bond motifs is 2. The maximum atomic E-state index is 13.0. The van der Waals surface area contributed by atoms with Gasteiger partial charge in [0.25, 0.3) is 5.91 Å². The minimum atomic E-state index is -0.934. The number of benzene rings is 2. The first-order chi connectivity index (χ1) is 18.8. The average Bonchev–Trinajstić information content (AvgIpc) is 2.86. The fourth-order valence-electron chi connectivity index (χ4n) is 4.29. The second-order valence-corrected chi connectivity index (χ2v) is 9.37. The van der Waals surface area contributed by atoms with E-state index in [0.717, 1.165) is 6.07 Å². The van der Waals surface area contributed by atoms with Gasteiger partial charge in [0.1, 0.15) is 64.2 Å². The third-order valence-electron chi connectivity index (χ3n) is 6.38. The van der Waals surface area contributed by atoms with E-state index < -0.39 is 36.6 Å². The Hall–Kier alpha value is -3.66. The number of aliphatic hydroxyl groups is 4. The molecule has 8 N–H and O–H groups in total. The van der Waals surface area contributed by atoms with Gasteiger partial charge in [-0.2, -0.15) is 0 Å². The highest BCUT2D eigenvalue weighted by molar-refractivity contribution is 6.10. The molecule has 0 aliphatic rings. The third-order valence-corrected chi connectivity index (χ3v) is 6.38. The Kier molecular flexibility index (Phi) is 10.1. The number of carbonyl (C=O) groups is 1. The number of nitrogens with one attached hydrogen (secondary N) is 1. The molecule has 1 amide bonds. The van der Waals surface area contributed by atoms with Gasteiger partial charge in [-0.3, -0.25) is 19.6 Å². The number of hydrogen-bond acceptors (Lipinski definition) is 13. The van der Waals surface area contributed by atoms with Crippen molar-refractivity contribution in [2.24, 2.45) is 4.99 Å². The molecule has 0 radical (unpaired) electrons. The molecule has 0 spiro atoms. The highest BCUT2D eigenvalue weighted by Gasteiger charge is 2.21. The standard InChI is InChI=1S/C26H36N6O8/c1-13(33)31(14(2)34)9-7-27-12-18-20(38)11-21(39)25-23(18)30-24-19(37)6-5-17(22(24)29-25)26(40)28-8-10-32(15(3)35)16(4)36/h5-6,11-16,33-39H,7-10H2,1-4H3,(H,28,40). The number of aromatic hydroxyl groups is 3. The lowest BCUT2D eigenvalue weighted by molar-refractivity contribution is -0.0828.